The van der Waals surface area contributed by atoms with Crippen molar-refractivity contribution in [3.63, 3.8) is 0 Å². The average molecular weight is 168 g/mol. The second kappa shape index (κ2) is 3.54. The van der Waals surface area contributed by atoms with E-state index in [1.165, 1.54) is 0 Å². The molecule has 0 radical (unpaired) electrons. The summed E-state index contributed by atoms with van der Waals surface area (Å²) in [5.74, 6) is 0. The molecule has 1 aliphatic heterocycles. The maximum atomic E-state index is 12.6. The van der Waals surface area contributed by atoms with Gasteiger partial charge in [-0.25, -0.2) is 4.39 Å². The molecule has 1 N–H and O–H groups in total. The van der Waals surface area contributed by atoms with Gasteiger partial charge in [0, 0.05) is 13.1 Å². The quantitative estimate of drug-likeness (QED) is 0.580. The molecular weight excluding hydrogens is 153 g/mol. The summed E-state index contributed by atoms with van der Waals surface area (Å²) in [7, 11) is 0. The first-order valence-electron chi connectivity index (χ1n) is 3.45. The van der Waals surface area contributed by atoms with Crippen LogP contribution in [0.3, 0.4) is 0 Å². The molecule has 1 unspecified atom stereocenters. The van der Waals surface area contributed by atoms with Crippen molar-refractivity contribution >= 4 is 12.4 Å². The monoisotopic (exact) mass is 167 g/mol. The number of hydrogen-bond donors (Lipinski definition) is 1. The van der Waals surface area contributed by atoms with Crippen molar-refractivity contribution in [2.24, 2.45) is 5.41 Å². The third-order valence-electron chi connectivity index (χ3n) is 1.74. The third-order valence-corrected chi connectivity index (χ3v) is 1.74. The zero-order valence-electron chi connectivity index (χ0n) is 6.48. The first-order valence-corrected chi connectivity index (χ1v) is 3.45. The highest BCUT2D eigenvalue weighted by Crippen LogP contribution is 2.25. The second-order valence-corrected chi connectivity index (χ2v) is 3.60. The Kier molecular flexibility index (Phi) is 3.60. The van der Waals surface area contributed by atoms with E-state index >= 15 is 0 Å². The van der Waals surface area contributed by atoms with Gasteiger partial charge in [0.05, 0.1) is 0 Å². The Morgan fingerprint density at radius 2 is 2.10 bits per heavy atom. The van der Waals surface area contributed by atoms with E-state index in [0.717, 1.165) is 6.54 Å². The molecule has 1 saturated heterocycles. The molecule has 1 nitrogen and oxygen atoms in total. The van der Waals surface area contributed by atoms with Gasteiger partial charge in [-0.1, -0.05) is 13.8 Å². The van der Waals surface area contributed by atoms with Crippen molar-refractivity contribution in [2.75, 3.05) is 13.1 Å². The predicted molar refractivity (Wildman–Crippen MR) is 43.4 cm³/mol. The van der Waals surface area contributed by atoms with Gasteiger partial charge in [-0.15, -0.1) is 12.4 Å². The van der Waals surface area contributed by atoms with Gasteiger partial charge in [-0.3, -0.25) is 0 Å². The molecule has 1 fully saturated rings. The van der Waals surface area contributed by atoms with Crippen LogP contribution in [0, 0.1) is 5.41 Å². The first-order chi connectivity index (χ1) is 4.10. The summed E-state index contributed by atoms with van der Waals surface area (Å²) < 4.78 is 12.6. The number of hydrogen-bond acceptors (Lipinski definition) is 1. The second-order valence-electron chi connectivity index (χ2n) is 3.60. The molecule has 1 heterocycles. The normalized spacial score (nSPS) is 30.9. The van der Waals surface area contributed by atoms with Crippen molar-refractivity contribution in [1.29, 1.82) is 0 Å². The molecule has 0 aliphatic carbocycles. The summed E-state index contributed by atoms with van der Waals surface area (Å²) in [5, 5.41) is 3.05. The Hall–Kier alpha value is 0.180. The Balaban J connectivity index is 0.000000810. The maximum Gasteiger partial charge on any atom is 0.113 e. The van der Waals surface area contributed by atoms with Gasteiger partial charge < -0.3 is 5.32 Å². The first kappa shape index (κ1) is 10.2. The van der Waals surface area contributed by atoms with E-state index < -0.39 is 6.17 Å². The molecule has 10 heavy (non-hydrogen) atoms. The van der Waals surface area contributed by atoms with Gasteiger partial charge in [0.15, 0.2) is 0 Å². The Labute approximate surface area is 67.8 Å². The SMILES string of the molecule is CC1(C)CNCC(F)C1.Cl. The molecule has 1 atom stereocenters. The van der Waals surface area contributed by atoms with E-state index in [-0.39, 0.29) is 17.8 Å². The van der Waals surface area contributed by atoms with Crippen molar-refractivity contribution in [1.82, 2.24) is 5.32 Å². The molecular formula is C7H15ClFN. The minimum atomic E-state index is -0.631. The largest absolute Gasteiger partial charge is 0.313 e. The summed E-state index contributed by atoms with van der Waals surface area (Å²) in [6, 6.07) is 0. The molecule has 0 aromatic heterocycles. The lowest BCUT2D eigenvalue weighted by Crippen LogP contribution is -2.42. The van der Waals surface area contributed by atoms with Crippen LogP contribution in [0.15, 0.2) is 0 Å². The van der Waals surface area contributed by atoms with Gasteiger partial charge in [-0.2, -0.15) is 0 Å². The molecule has 62 valence electrons. The van der Waals surface area contributed by atoms with Gasteiger partial charge in [0.2, 0.25) is 0 Å². The van der Waals surface area contributed by atoms with Crippen LogP contribution in [0.2, 0.25) is 0 Å². The van der Waals surface area contributed by atoms with E-state index in [2.05, 4.69) is 19.2 Å². The Morgan fingerprint density at radius 1 is 1.50 bits per heavy atom. The minimum Gasteiger partial charge on any atom is -0.313 e. The lowest BCUT2D eigenvalue weighted by atomic mass is 9.84. The summed E-state index contributed by atoms with van der Waals surface area (Å²) in [4.78, 5) is 0. The standard InChI is InChI=1S/C7H14FN.ClH/c1-7(2)3-6(8)4-9-5-7;/h6,9H,3-5H2,1-2H3;1H. The highest BCUT2D eigenvalue weighted by molar-refractivity contribution is 5.85. The van der Waals surface area contributed by atoms with E-state index in [1.807, 2.05) is 0 Å². The lowest BCUT2D eigenvalue weighted by molar-refractivity contribution is 0.156. The fraction of sp³-hybridized carbons (Fsp3) is 1.00. The van der Waals surface area contributed by atoms with Crippen LogP contribution >= 0.6 is 12.4 Å². The van der Waals surface area contributed by atoms with E-state index in [1.54, 1.807) is 0 Å². The van der Waals surface area contributed by atoms with Crippen molar-refractivity contribution in [3.8, 4) is 0 Å². The van der Waals surface area contributed by atoms with Crippen LogP contribution in [0.5, 0.6) is 0 Å². The van der Waals surface area contributed by atoms with Crippen LogP contribution in [0.4, 0.5) is 4.39 Å². The van der Waals surface area contributed by atoms with Crippen LogP contribution in [0.25, 0.3) is 0 Å². The zero-order valence-corrected chi connectivity index (χ0v) is 7.30. The minimum absolute atomic E-state index is 0. The molecule has 0 aromatic carbocycles. The molecule has 1 aliphatic rings. The number of halogens is 2. The van der Waals surface area contributed by atoms with Gasteiger partial charge >= 0.3 is 0 Å². The zero-order chi connectivity index (χ0) is 6.91. The molecule has 0 saturated carbocycles. The summed E-state index contributed by atoms with van der Waals surface area (Å²) in [6.07, 6.45) is 0.0775. The predicted octanol–water partition coefficient (Wildman–Crippen LogP) is 1.77. The maximum absolute atomic E-state index is 12.6. The summed E-state index contributed by atoms with van der Waals surface area (Å²) in [5.41, 5.74) is 0.164. The average Bonchev–Trinajstić information content (AvgIpc) is 1.60. The fourth-order valence-corrected chi connectivity index (χ4v) is 1.31. The highest BCUT2D eigenvalue weighted by Gasteiger charge is 2.26. The van der Waals surface area contributed by atoms with Crippen LogP contribution in [-0.2, 0) is 0 Å². The summed E-state index contributed by atoms with van der Waals surface area (Å²) >= 11 is 0. The third kappa shape index (κ3) is 2.84. The van der Waals surface area contributed by atoms with Crippen LogP contribution < -0.4 is 5.32 Å². The van der Waals surface area contributed by atoms with E-state index in [4.69, 9.17) is 0 Å². The number of rotatable bonds is 0. The topological polar surface area (TPSA) is 12.0 Å². The molecule has 0 amide bonds. The van der Waals surface area contributed by atoms with E-state index in [0.29, 0.717) is 13.0 Å². The van der Waals surface area contributed by atoms with Crippen molar-refractivity contribution in [3.05, 3.63) is 0 Å². The summed E-state index contributed by atoms with van der Waals surface area (Å²) in [6.45, 7) is 5.67. The lowest BCUT2D eigenvalue weighted by Gasteiger charge is -2.32. The van der Waals surface area contributed by atoms with Crippen LogP contribution in [0.1, 0.15) is 20.3 Å². The molecule has 0 bridgehead atoms. The number of alkyl halides is 1. The van der Waals surface area contributed by atoms with Crippen molar-refractivity contribution < 1.29 is 4.39 Å². The van der Waals surface area contributed by atoms with Gasteiger partial charge in [0.1, 0.15) is 6.17 Å². The molecule has 0 aromatic rings. The molecule has 0 spiro atoms. The van der Waals surface area contributed by atoms with Crippen molar-refractivity contribution in [2.45, 2.75) is 26.4 Å². The van der Waals surface area contributed by atoms with E-state index in [9.17, 15) is 4.39 Å². The molecule has 1 rings (SSSR count). The number of nitrogens with one attached hydrogen (secondary N) is 1. The van der Waals surface area contributed by atoms with Crippen LogP contribution in [-0.4, -0.2) is 19.3 Å². The Morgan fingerprint density at radius 3 is 2.40 bits per heavy atom. The Bertz CT molecular complexity index is 106. The van der Waals surface area contributed by atoms with Gasteiger partial charge in [-0.05, 0) is 11.8 Å². The fourth-order valence-electron chi connectivity index (χ4n) is 1.31. The van der Waals surface area contributed by atoms with Gasteiger partial charge in [0.25, 0.3) is 0 Å². The number of piperidine rings is 1. The smallest absolute Gasteiger partial charge is 0.113 e. The highest BCUT2D eigenvalue weighted by atomic mass is 35.5. The molecule has 3 heteroatoms.